The second-order valence-corrected chi connectivity index (χ2v) is 7.01. The van der Waals surface area contributed by atoms with Gasteiger partial charge < -0.3 is 9.80 Å². The predicted molar refractivity (Wildman–Crippen MR) is 94.8 cm³/mol. The Kier molecular flexibility index (Phi) is 4.66. The number of piperidine rings is 1. The van der Waals surface area contributed by atoms with Crippen LogP contribution in [0.4, 0.5) is 14.6 Å². The molecule has 1 aromatic carbocycles. The van der Waals surface area contributed by atoms with Crippen molar-refractivity contribution in [2.45, 2.75) is 31.7 Å². The Hall–Kier alpha value is -2.01. The van der Waals surface area contributed by atoms with E-state index in [0.29, 0.717) is 6.04 Å². The number of rotatable bonds is 4. The minimum Gasteiger partial charge on any atom is -0.353 e. The first-order chi connectivity index (χ1) is 12.2. The maximum atomic E-state index is 13.5. The van der Waals surface area contributed by atoms with Gasteiger partial charge in [0.2, 0.25) is 5.95 Å². The zero-order valence-corrected chi connectivity index (χ0v) is 14.3. The number of fused-ring (bicyclic) bond motifs is 1. The van der Waals surface area contributed by atoms with Gasteiger partial charge >= 0.3 is 0 Å². The van der Waals surface area contributed by atoms with Crippen molar-refractivity contribution in [3.05, 3.63) is 59.3 Å². The van der Waals surface area contributed by atoms with Crippen LogP contribution in [0.15, 0.2) is 36.4 Å². The molecule has 0 aliphatic carbocycles. The molecule has 1 fully saturated rings. The molecule has 0 radical (unpaired) electrons. The highest BCUT2D eigenvalue weighted by Gasteiger charge is 2.30. The molecule has 3 heterocycles. The van der Waals surface area contributed by atoms with E-state index >= 15 is 0 Å². The van der Waals surface area contributed by atoms with E-state index in [1.807, 2.05) is 18.2 Å². The summed E-state index contributed by atoms with van der Waals surface area (Å²) >= 11 is 0. The molecule has 0 N–H and O–H groups in total. The van der Waals surface area contributed by atoms with Gasteiger partial charge in [0.15, 0.2) is 0 Å². The SMILES string of the molecule is Fc1ccc(CCN2CCC(N3CCc4ccc(F)nc43)CC2)cc1. The third-order valence-corrected chi connectivity index (χ3v) is 5.44. The van der Waals surface area contributed by atoms with E-state index in [-0.39, 0.29) is 11.8 Å². The van der Waals surface area contributed by atoms with Crippen LogP contribution < -0.4 is 4.90 Å². The van der Waals surface area contributed by atoms with Crippen molar-refractivity contribution in [1.29, 1.82) is 0 Å². The van der Waals surface area contributed by atoms with Crippen molar-refractivity contribution in [2.75, 3.05) is 31.1 Å². The van der Waals surface area contributed by atoms with Gasteiger partial charge in [-0.2, -0.15) is 4.39 Å². The van der Waals surface area contributed by atoms with E-state index in [2.05, 4.69) is 14.8 Å². The molecule has 25 heavy (non-hydrogen) atoms. The van der Waals surface area contributed by atoms with Crippen LogP contribution in [0.25, 0.3) is 0 Å². The van der Waals surface area contributed by atoms with Crippen molar-refractivity contribution in [1.82, 2.24) is 9.88 Å². The zero-order valence-electron chi connectivity index (χ0n) is 14.3. The van der Waals surface area contributed by atoms with Gasteiger partial charge in [-0.25, -0.2) is 9.37 Å². The average molecular weight is 343 g/mol. The Morgan fingerprint density at radius 2 is 1.72 bits per heavy atom. The Morgan fingerprint density at radius 1 is 0.960 bits per heavy atom. The number of benzene rings is 1. The Morgan fingerprint density at radius 3 is 2.48 bits per heavy atom. The minimum absolute atomic E-state index is 0.180. The Labute approximate surface area is 147 Å². The van der Waals surface area contributed by atoms with Crippen LogP contribution in [0.5, 0.6) is 0 Å². The fourth-order valence-corrected chi connectivity index (χ4v) is 3.99. The average Bonchev–Trinajstić information content (AvgIpc) is 3.05. The monoisotopic (exact) mass is 343 g/mol. The fourth-order valence-electron chi connectivity index (χ4n) is 3.99. The topological polar surface area (TPSA) is 19.4 Å². The summed E-state index contributed by atoms with van der Waals surface area (Å²) in [6, 6.07) is 10.6. The van der Waals surface area contributed by atoms with E-state index in [4.69, 9.17) is 0 Å². The first-order valence-electron chi connectivity index (χ1n) is 9.08. The number of hydrogen-bond acceptors (Lipinski definition) is 3. The van der Waals surface area contributed by atoms with Crippen LogP contribution in [0.3, 0.4) is 0 Å². The first-order valence-corrected chi connectivity index (χ1v) is 9.08. The summed E-state index contributed by atoms with van der Waals surface area (Å²) in [6.45, 7) is 4.05. The Bertz CT molecular complexity index is 724. The Balaban J connectivity index is 1.30. The molecule has 0 unspecified atom stereocenters. The van der Waals surface area contributed by atoms with Crippen molar-refractivity contribution in [3.8, 4) is 0 Å². The highest BCUT2D eigenvalue weighted by Crippen LogP contribution is 2.31. The van der Waals surface area contributed by atoms with E-state index in [1.54, 1.807) is 0 Å². The lowest BCUT2D eigenvalue weighted by molar-refractivity contribution is 0.211. The third kappa shape index (κ3) is 3.66. The van der Waals surface area contributed by atoms with Gasteiger partial charge in [0.1, 0.15) is 11.6 Å². The summed E-state index contributed by atoms with van der Waals surface area (Å²) in [5.41, 5.74) is 2.34. The van der Waals surface area contributed by atoms with Gasteiger partial charge in [0.25, 0.3) is 0 Å². The van der Waals surface area contributed by atoms with Crippen LogP contribution >= 0.6 is 0 Å². The third-order valence-electron chi connectivity index (χ3n) is 5.44. The zero-order chi connectivity index (χ0) is 17.2. The van der Waals surface area contributed by atoms with E-state index in [1.165, 1.54) is 29.3 Å². The number of nitrogens with zero attached hydrogens (tertiary/aromatic N) is 3. The number of likely N-dealkylation sites (tertiary alicyclic amines) is 1. The second kappa shape index (κ2) is 7.08. The highest BCUT2D eigenvalue weighted by atomic mass is 19.1. The number of anilines is 1. The normalized spacial score (nSPS) is 18.6. The molecule has 2 aliphatic rings. The molecular weight excluding hydrogens is 320 g/mol. The lowest BCUT2D eigenvalue weighted by Crippen LogP contribution is -2.45. The molecule has 5 heteroatoms. The molecular formula is C20H23F2N3. The molecule has 2 aromatic rings. The number of pyridine rings is 1. The van der Waals surface area contributed by atoms with Gasteiger partial charge in [0.05, 0.1) is 0 Å². The number of halogens is 2. The van der Waals surface area contributed by atoms with E-state index in [9.17, 15) is 8.78 Å². The quantitative estimate of drug-likeness (QED) is 0.793. The molecule has 0 saturated carbocycles. The molecule has 132 valence electrons. The van der Waals surface area contributed by atoms with Gasteiger partial charge in [-0.1, -0.05) is 18.2 Å². The van der Waals surface area contributed by atoms with Crippen LogP contribution in [0.1, 0.15) is 24.0 Å². The molecule has 0 amide bonds. The van der Waals surface area contributed by atoms with Crippen LogP contribution in [0, 0.1) is 11.8 Å². The summed E-state index contributed by atoms with van der Waals surface area (Å²) < 4.78 is 26.4. The molecule has 1 saturated heterocycles. The summed E-state index contributed by atoms with van der Waals surface area (Å²) in [7, 11) is 0. The predicted octanol–water partition coefficient (Wildman–Crippen LogP) is 3.43. The van der Waals surface area contributed by atoms with Crippen molar-refractivity contribution in [2.24, 2.45) is 0 Å². The molecule has 1 aromatic heterocycles. The molecule has 0 bridgehead atoms. The maximum absolute atomic E-state index is 13.5. The summed E-state index contributed by atoms with van der Waals surface area (Å²) in [6.07, 6.45) is 4.08. The van der Waals surface area contributed by atoms with E-state index in [0.717, 1.165) is 57.7 Å². The maximum Gasteiger partial charge on any atom is 0.214 e. The molecule has 0 spiro atoms. The molecule has 2 aliphatic heterocycles. The van der Waals surface area contributed by atoms with E-state index < -0.39 is 0 Å². The number of hydrogen-bond donors (Lipinski definition) is 0. The van der Waals surface area contributed by atoms with Gasteiger partial charge in [0, 0.05) is 32.2 Å². The van der Waals surface area contributed by atoms with Crippen molar-refractivity contribution >= 4 is 5.82 Å². The standard InChI is InChI=1S/C20H23F2N3/c21-17-4-1-15(2-5-17)7-11-24-12-9-18(10-13-24)25-14-8-16-3-6-19(22)23-20(16)25/h1-6,18H,7-14H2. The van der Waals surface area contributed by atoms with Gasteiger partial charge in [-0.3, -0.25) is 0 Å². The summed E-state index contributed by atoms with van der Waals surface area (Å²) in [5.74, 6) is 0.285. The van der Waals surface area contributed by atoms with Crippen LogP contribution in [-0.2, 0) is 12.8 Å². The van der Waals surface area contributed by atoms with Gasteiger partial charge in [-0.05, 0) is 55.0 Å². The lowest BCUT2D eigenvalue weighted by atomic mass is 10.0. The van der Waals surface area contributed by atoms with Crippen molar-refractivity contribution in [3.63, 3.8) is 0 Å². The van der Waals surface area contributed by atoms with Crippen molar-refractivity contribution < 1.29 is 8.78 Å². The highest BCUT2D eigenvalue weighted by molar-refractivity contribution is 5.52. The van der Waals surface area contributed by atoms with Crippen LogP contribution in [0.2, 0.25) is 0 Å². The molecule has 0 atom stereocenters. The fraction of sp³-hybridized carbons (Fsp3) is 0.450. The minimum atomic E-state index is -0.387. The molecule has 4 rings (SSSR count). The lowest BCUT2D eigenvalue weighted by Gasteiger charge is -2.37. The second-order valence-electron chi connectivity index (χ2n) is 7.01. The largest absolute Gasteiger partial charge is 0.353 e. The first kappa shape index (κ1) is 16.5. The van der Waals surface area contributed by atoms with Crippen LogP contribution in [-0.4, -0.2) is 42.1 Å². The summed E-state index contributed by atoms with van der Waals surface area (Å²) in [5, 5.41) is 0. The smallest absolute Gasteiger partial charge is 0.214 e. The van der Waals surface area contributed by atoms with Gasteiger partial charge in [-0.15, -0.1) is 0 Å². The molecule has 3 nitrogen and oxygen atoms in total. The summed E-state index contributed by atoms with van der Waals surface area (Å²) in [4.78, 5) is 8.90. The number of aromatic nitrogens is 1.